The van der Waals surface area contributed by atoms with Gasteiger partial charge in [-0.2, -0.15) is 0 Å². The van der Waals surface area contributed by atoms with Crippen molar-refractivity contribution in [1.82, 2.24) is 0 Å². The molecule has 1 aliphatic carbocycles. The highest BCUT2D eigenvalue weighted by Gasteiger charge is 2.45. The molecule has 1 heterocycles. The summed E-state index contributed by atoms with van der Waals surface area (Å²) < 4.78 is 11.2. The molecule has 0 spiro atoms. The van der Waals surface area contributed by atoms with Gasteiger partial charge >= 0.3 is 5.97 Å². The topological polar surface area (TPSA) is 52.6 Å². The lowest BCUT2D eigenvalue weighted by Crippen LogP contribution is -2.30. The number of hydrogen-bond acceptors (Lipinski definition) is 4. The van der Waals surface area contributed by atoms with Crippen LogP contribution >= 0.6 is 0 Å². The molecule has 2 aromatic carbocycles. The van der Waals surface area contributed by atoms with Crippen LogP contribution in [0.2, 0.25) is 0 Å². The van der Waals surface area contributed by atoms with E-state index in [1.54, 1.807) is 6.92 Å². The quantitative estimate of drug-likeness (QED) is 0.756. The smallest absolute Gasteiger partial charge is 0.305 e. The van der Waals surface area contributed by atoms with Crippen molar-refractivity contribution >= 4 is 28.3 Å². The maximum atomic E-state index is 12.8. The number of carbonyl (C=O) groups is 2. The number of carbonyl (C=O) groups excluding carboxylic acids is 2. The zero-order chi connectivity index (χ0) is 15.5. The largest absolute Gasteiger partial charge is 0.451 e. The predicted octanol–water partition coefficient (Wildman–Crippen LogP) is 3.45. The van der Waals surface area contributed by atoms with E-state index in [4.69, 9.17) is 9.47 Å². The highest BCUT2D eigenvalue weighted by molar-refractivity contribution is 6.24. The lowest BCUT2D eigenvalue weighted by molar-refractivity contribution is -0.191. The van der Waals surface area contributed by atoms with Crippen molar-refractivity contribution in [2.45, 2.75) is 26.1 Å². The normalized spacial score (nSPS) is 22.5. The van der Waals surface area contributed by atoms with Crippen LogP contribution in [0, 0.1) is 0 Å². The Hall–Kier alpha value is -2.62. The van der Waals surface area contributed by atoms with E-state index in [9.17, 15) is 9.59 Å². The van der Waals surface area contributed by atoms with Crippen molar-refractivity contribution < 1.29 is 19.1 Å². The standard InChI is InChI=1S/C18H14O4/c1-10(19)21-18(2)9-14-16(20)12-7-3-5-11-6-4-8-13(15(11)12)17(14)22-18/h3-8H,9H2,1-2H3. The maximum Gasteiger partial charge on any atom is 0.305 e. The Balaban J connectivity index is 1.91. The lowest BCUT2D eigenvalue weighted by atomic mass is 9.86. The molecule has 110 valence electrons. The van der Waals surface area contributed by atoms with Gasteiger partial charge in [0.05, 0.1) is 12.0 Å². The number of Topliss-reactive ketones (excluding diaryl/α,β-unsaturated/α-hetero) is 1. The Kier molecular flexibility index (Phi) is 2.49. The predicted molar refractivity (Wildman–Crippen MR) is 81.1 cm³/mol. The Morgan fingerprint density at radius 2 is 1.86 bits per heavy atom. The Morgan fingerprint density at radius 3 is 2.55 bits per heavy atom. The van der Waals surface area contributed by atoms with E-state index in [-0.39, 0.29) is 12.2 Å². The monoisotopic (exact) mass is 294 g/mol. The molecule has 0 fully saturated rings. The second-order valence-corrected chi connectivity index (χ2v) is 5.85. The minimum Gasteiger partial charge on any atom is -0.451 e. The summed E-state index contributed by atoms with van der Waals surface area (Å²) in [6.45, 7) is 3.02. The number of benzene rings is 2. The molecule has 4 nitrogen and oxygen atoms in total. The minimum absolute atomic E-state index is 0.0461. The van der Waals surface area contributed by atoms with E-state index < -0.39 is 11.8 Å². The second kappa shape index (κ2) is 4.19. The summed E-state index contributed by atoms with van der Waals surface area (Å²) in [7, 11) is 0. The van der Waals surface area contributed by atoms with Crippen LogP contribution in [0.1, 0.15) is 36.2 Å². The first-order chi connectivity index (χ1) is 10.5. The van der Waals surface area contributed by atoms with Gasteiger partial charge in [-0.05, 0) is 5.39 Å². The fourth-order valence-corrected chi connectivity index (χ4v) is 3.36. The van der Waals surface area contributed by atoms with Gasteiger partial charge in [0.2, 0.25) is 0 Å². The van der Waals surface area contributed by atoms with Crippen molar-refractivity contribution in [3.63, 3.8) is 0 Å². The van der Waals surface area contributed by atoms with Crippen LogP contribution in [-0.2, 0) is 14.3 Å². The SMILES string of the molecule is CC(=O)OC1(C)CC2=C(O1)c1cccc3cccc(c13)C2=O. The molecule has 0 N–H and O–H groups in total. The van der Waals surface area contributed by atoms with Gasteiger partial charge in [0.25, 0.3) is 5.79 Å². The summed E-state index contributed by atoms with van der Waals surface area (Å²) in [5, 5.41) is 1.90. The summed E-state index contributed by atoms with van der Waals surface area (Å²) in [6, 6.07) is 11.5. The number of fused-ring (bicyclic) bond motifs is 1. The number of ketones is 1. The van der Waals surface area contributed by atoms with Crippen molar-refractivity contribution in [2.24, 2.45) is 0 Å². The molecule has 1 atom stereocenters. The van der Waals surface area contributed by atoms with E-state index >= 15 is 0 Å². The number of esters is 1. The molecular weight excluding hydrogens is 280 g/mol. The van der Waals surface area contributed by atoms with E-state index in [0.717, 1.165) is 16.3 Å². The summed E-state index contributed by atoms with van der Waals surface area (Å²) in [5.41, 5.74) is 2.15. The van der Waals surface area contributed by atoms with Crippen LogP contribution in [0.25, 0.3) is 16.5 Å². The maximum absolute atomic E-state index is 12.8. The number of ether oxygens (including phenoxy) is 2. The van der Waals surface area contributed by atoms with E-state index in [0.29, 0.717) is 16.9 Å². The molecule has 4 heteroatoms. The van der Waals surface area contributed by atoms with Gasteiger partial charge in [-0.25, -0.2) is 0 Å². The van der Waals surface area contributed by atoms with E-state index in [2.05, 4.69) is 0 Å². The molecule has 0 aromatic heterocycles. The van der Waals surface area contributed by atoms with Crippen molar-refractivity contribution in [3.05, 3.63) is 53.1 Å². The Labute approximate surface area is 127 Å². The average Bonchev–Trinajstić information content (AvgIpc) is 2.81. The number of hydrogen-bond donors (Lipinski definition) is 0. The van der Waals surface area contributed by atoms with Gasteiger partial charge < -0.3 is 9.47 Å². The van der Waals surface area contributed by atoms with Gasteiger partial charge in [0, 0.05) is 30.4 Å². The van der Waals surface area contributed by atoms with Gasteiger partial charge in [-0.3, -0.25) is 9.59 Å². The van der Waals surface area contributed by atoms with Gasteiger partial charge in [0.1, 0.15) is 5.76 Å². The zero-order valence-electron chi connectivity index (χ0n) is 12.3. The highest BCUT2D eigenvalue weighted by atomic mass is 16.7. The van der Waals surface area contributed by atoms with Gasteiger partial charge in [-0.1, -0.05) is 36.4 Å². The number of rotatable bonds is 1. The molecule has 2 aromatic rings. The Morgan fingerprint density at radius 1 is 1.18 bits per heavy atom. The molecule has 1 unspecified atom stereocenters. The molecule has 22 heavy (non-hydrogen) atoms. The van der Waals surface area contributed by atoms with Crippen LogP contribution in [0.15, 0.2) is 42.0 Å². The van der Waals surface area contributed by atoms with Crippen LogP contribution in [0.4, 0.5) is 0 Å². The summed E-state index contributed by atoms with van der Waals surface area (Å²) in [5.74, 6) is -1.05. The van der Waals surface area contributed by atoms with Crippen LogP contribution < -0.4 is 0 Å². The van der Waals surface area contributed by atoms with Crippen molar-refractivity contribution in [2.75, 3.05) is 0 Å². The van der Waals surface area contributed by atoms with Crippen molar-refractivity contribution in [1.29, 1.82) is 0 Å². The Bertz CT molecular complexity index is 873. The third-order valence-electron chi connectivity index (χ3n) is 4.12. The van der Waals surface area contributed by atoms with E-state index in [1.807, 2.05) is 36.4 Å². The van der Waals surface area contributed by atoms with Gasteiger partial charge in [0.15, 0.2) is 5.78 Å². The van der Waals surface area contributed by atoms with Crippen molar-refractivity contribution in [3.8, 4) is 0 Å². The molecule has 2 aliphatic rings. The van der Waals surface area contributed by atoms with Crippen LogP contribution in [-0.4, -0.2) is 17.5 Å². The third kappa shape index (κ3) is 1.70. The molecule has 0 saturated heterocycles. The summed E-state index contributed by atoms with van der Waals surface area (Å²) in [4.78, 5) is 24.1. The fourth-order valence-electron chi connectivity index (χ4n) is 3.36. The van der Waals surface area contributed by atoms with Crippen LogP contribution in [0.3, 0.4) is 0 Å². The molecular formula is C18H14O4. The fraction of sp³-hybridized carbons (Fsp3) is 0.222. The molecule has 0 radical (unpaired) electrons. The zero-order valence-corrected chi connectivity index (χ0v) is 12.3. The molecule has 0 saturated carbocycles. The first-order valence-electron chi connectivity index (χ1n) is 7.17. The van der Waals surface area contributed by atoms with E-state index in [1.165, 1.54) is 6.92 Å². The lowest BCUT2D eigenvalue weighted by Gasteiger charge is -2.24. The first kappa shape index (κ1) is 13.1. The summed E-state index contributed by atoms with van der Waals surface area (Å²) in [6.07, 6.45) is 0.269. The summed E-state index contributed by atoms with van der Waals surface area (Å²) >= 11 is 0. The molecule has 0 bridgehead atoms. The first-order valence-corrected chi connectivity index (χ1v) is 7.17. The molecule has 0 amide bonds. The molecule has 4 rings (SSSR count). The second-order valence-electron chi connectivity index (χ2n) is 5.85. The average molecular weight is 294 g/mol. The molecule has 1 aliphatic heterocycles. The van der Waals surface area contributed by atoms with Crippen LogP contribution in [0.5, 0.6) is 0 Å². The minimum atomic E-state index is -1.11. The van der Waals surface area contributed by atoms with Gasteiger partial charge in [-0.15, -0.1) is 0 Å². The highest BCUT2D eigenvalue weighted by Crippen LogP contribution is 2.46. The third-order valence-corrected chi connectivity index (χ3v) is 4.12.